The minimum absolute atomic E-state index is 0.173. The van der Waals surface area contributed by atoms with Crippen molar-refractivity contribution in [1.29, 1.82) is 0 Å². The summed E-state index contributed by atoms with van der Waals surface area (Å²) in [4.78, 5) is 0. The Hall–Kier alpha value is -0.570. The molecule has 0 radical (unpaired) electrons. The molecule has 0 aromatic rings. The van der Waals surface area contributed by atoms with Crippen molar-refractivity contribution in [1.82, 2.24) is 0 Å². The van der Waals surface area contributed by atoms with Crippen LogP contribution in [0.15, 0.2) is 0 Å². The summed E-state index contributed by atoms with van der Waals surface area (Å²) in [6.45, 7) is 0.173. The molecular weight excluding hydrogens is 166 g/mol. The van der Waals surface area contributed by atoms with Crippen molar-refractivity contribution in [3.8, 4) is 0 Å². The standard InChI is InChI=1S/C10H17NO2/c12-8-9-4-3-6-10(9)5-1-2-7-11(10)13/h7,9,12H,1-6,8H2/t9-,10-/m1/s1. The highest BCUT2D eigenvalue weighted by Gasteiger charge is 2.50. The highest BCUT2D eigenvalue weighted by atomic mass is 16.5. The van der Waals surface area contributed by atoms with E-state index in [1.165, 1.54) is 0 Å². The Balaban J connectivity index is 2.26. The van der Waals surface area contributed by atoms with Gasteiger partial charge in [0.1, 0.15) is 0 Å². The number of hydroxylamine groups is 1. The fourth-order valence-corrected chi connectivity index (χ4v) is 2.92. The first kappa shape index (κ1) is 9.00. The van der Waals surface area contributed by atoms with Crippen LogP contribution in [0, 0.1) is 11.1 Å². The minimum atomic E-state index is -0.229. The molecule has 0 aromatic carbocycles. The molecule has 1 aliphatic heterocycles. The molecule has 0 bridgehead atoms. The molecule has 3 nitrogen and oxygen atoms in total. The lowest BCUT2D eigenvalue weighted by Gasteiger charge is -2.35. The van der Waals surface area contributed by atoms with Crippen molar-refractivity contribution in [2.75, 3.05) is 6.61 Å². The summed E-state index contributed by atoms with van der Waals surface area (Å²) in [7, 11) is 0. The van der Waals surface area contributed by atoms with E-state index in [0.29, 0.717) is 0 Å². The van der Waals surface area contributed by atoms with Crippen LogP contribution < -0.4 is 0 Å². The second kappa shape index (κ2) is 3.29. The van der Waals surface area contributed by atoms with Gasteiger partial charge in [-0.15, -0.1) is 0 Å². The van der Waals surface area contributed by atoms with Crippen LogP contribution in [0.1, 0.15) is 38.5 Å². The van der Waals surface area contributed by atoms with E-state index >= 15 is 0 Å². The van der Waals surface area contributed by atoms with Gasteiger partial charge in [-0.05, 0) is 19.3 Å². The largest absolute Gasteiger partial charge is 0.624 e. The molecule has 2 rings (SSSR count). The van der Waals surface area contributed by atoms with Crippen LogP contribution in [0.4, 0.5) is 0 Å². The summed E-state index contributed by atoms with van der Waals surface area (Å²) in [5.41, 5.74) is -0.229. The second-order valence-electron chi connectivity index (χ2n) is 4.28. The molecule has 3 heteroatoms. The molecule has 0 unspecified atom stereocenters. The van der Waals surface area contributed by atoms with E-state index in [1.54, 1.807) is 6.21 Å². The zero-order chi connectivity index (χ0) is 9.31. The number of nitrogens with zero attached hydrogens (tertiary/aromatic N) is 1. The molecule has 0 saturated heterocycles. The number of hydrogen-bond donors (Lipinski definition) is 1. The van der Waals surface area contributed by atoms with E-state index in [9.17, 15) is 10.3 Å². The summed E-state index contributed by atoms with van der Waals surface area (Å²) in [5.74, 6) is 0.210. The molecule has 13 heavy (non-hydrogen) atoms. The average molecular weight is 183 g/mol. The SMILES string of the molecule is [O-][N+]1=CCCC[C@]12CCC[C@@H]2CO. The first-order chi connectivity index (χ1) is 6.29. The molecule has 0 aromatic heterocycles. The van der Waals surface area contributed by atoms with Crippen molar-refractivity contribution in [2.24, 2.45) is 5.92 Å². The van der Waals surface area contributed by atoms with E-state index in [4.69, 9.17) is 0 Å². The van der Waals surface area contributed by atoms with Crippen LogP contribution in [0.5, 0.6) is 0 Å². The van der Waals surface area contributed by atoms with Crippen molar-refractivity contribution in [3.63, 3.8) is 0 Å². The monoisotopic (exact) mass is 183 g/mol. The summed E-state index contributed by atoms with van der Waals surface area (Å²) >= 11 is 0. The van der Waals surface area contributed by atoms with Gasteiger partial charge >= 0.3 is 0 Å². The van der Waals surface area contributed by atoms with E-state index in [-0.39, 0.29) is 18.1 Å². The maximum absolute atomic E-state index is 11.7. The third kappa shape index (κ3) is 1.26. The minimum Gasteiger partial charge on any atom is -0.624 e. The van der Waals surface area contributed by atoms with Crippen LogP contribution in [0.3, 0.4) is 0 Å². The molecule has 2 atom stereocenters. The predicted molar refractivity (Wildman–Crippen MR) is 50.7 cm³/mol. The maximum Gasteiger partial charge on any atom is 0.177 e. The zero-order valence-corrected chi connectivity index (χ0v) is 7.91. The molecule has 0 amide bonds. The summed E-state index contributed by atoms with van der Waals surface area (Å²) in [6, 6.07) is 0. The number of aliphatic hydroxyl groups excluding tert-OH is 1. The van der Waals surface area contributed by atoms with Gasteiger partial charge in [-0.2, -0.15) is 0 Å². The quantitative estimate of drug-likeness (QED) is 0.491. The van der Waals surface area contributed by atoms with Gasteiger partial charge in [-0.3, -0.25) is 0 Å². The van der Waals surface area contributed by atoms with Gasteiger partial charge in [-0.1, -0.05) is 0 Å². The summed E-state index contributed by atoms with van der Waals surface area (Å²) in [5, 5.41) is 21.0. The molecule has 1 saturated carbocycles. The molecule has 74 valence electrons. The topological polar surface area (TPSA) is 46.3 Å². The smallest absolute Gasteiger partial charge is 0.177 e. The molecule has 1 aliphatic carbocycles. The van der Waals surface area contributed by atoms with Gasteiger partial charge < -0.3 is 10.3 Å². The lowest BCUT2D eigenvalue weighted by atomic mass is 9.81. The second-order valence-corrected chi connectivity index (χ2v) is 4.28. The third-order valence-corrected chi connectivity index (χ3v) is 3.69. The fourth-order valence-electron chi connectivity index (χ4n) is 2.92. The lowest BCUT2D eigenvalue weighted by molar-refractivity contribution is -0.561. The molecule has 1 fully saturated rings. The summed E-state index contributed by atoms with van der Waals surface area (Å²) in [6.07, 6.45) is 7.83. The zero-order valence-electron chi connectivity index (χ0n) is 7.91. The van der Waals surface area contributed by atoms with Crippen LogP contribution in [-0.2, 0) is 0 Å². The van der Waals surface area contributed by atoms with Crippen LogP contribution in [0.2, 0.25) is 0 Å². The molecule has 1 N–H and O–H groups in total. The van der Waals surface area contributed by atoms with Gasteiger partial charge in [0.25, 0.3) is 0 Å². The van der Waals surface area contributed by atoms with Crippen LogP contribution in [0.25, 0.3) is 0 Å². The van der Waals surface area contributed by atoms with Crippen molar-refractivity contribution in [2.45, 2.75) is 44.1 Å². The van der Waals surface area contributed by atoms with Gasteiger partial charge in [0.15, 0.2) is 11.8 Å². The Labute approximate surface area is 78.7 Å². The molecule has 1 heterocycles. The normalized spacial score (nSPS) is 39.5. The Kier molecular flexibility index (Phi) is 2.28. The number of rotatable bonds is 1. The Morgan fingerprint density at radius 3 is 2.92 bits per heavy atom. The van der Waals surface area contributed by atoms with Gasteiger partial charge in [0, 0.05) is 25.2 Å². The summed E-state index contributed by atoms with van der Waals surface area (Å²) < 4.78 is 1.14. The van der Waals surface area contributed by atoms with Crippen molar-refractivity contribution in [3.05, 3.63) is 5.21 Å². The van der Waals surface area contributed by atoms with Crippen LogP contribution in [-0.4, -0.2) is 28.2 Å². The third-order valence-electron chi connectivity index (χ3n) is 3.69. The first-order valence-corrected chi connectivity index (χ1v) is 5.20. The van der Waals surface area contributed by atoms with E-state index in [2.05, 4.69) is 0 Å². The van der Waals surface area contributed by atoms with E-state index < -0.39 is 0 Å². The number of aliphatic hydroxyl groups is 1. The van der Waals surface area contributed by atoms with Crippen molar-refractivity contribution < 1.29 is 9.85 Å². The first-order valence-electron chi connectivity index (χ1n) is 5.20. The fraction of sp³-hybridized carbons (Fsp3) is 0.900. The Bertz CT molecular complexity index is 227. The average Bonchev–Trinajstić information content (AvgIpc) is 2.55. The van der Waals surface area contributed by atoms with Gasteiger partial charge in [-0.25, -0.2) is 4.74 Å². The maximum atomic E-state index is 11.7. The van der Waals surface area contributed by atoms with Gasteiger partial charge in [0.05, 0.1) is 6.61 Å². The number of hydrogen-bond acceptors (Lipinski definition) is 2. The highest BCUT2D eigenvalue weighted by Crippen LogP contribution is 2.42. The predicted octanol–water partition coefficient (Wildman–Crippen LogP) is 1.28. The van der Waals surface area contributed by atoms with Crippen LogP contribution >= 0.6 is 0 Å². The van der Waals surface area contributed by atoms with Crippen molar-refractivity contribution >= 4 is 6.21 Å². The molecular formula is C10H17NO2. The highest BCUT2D eigenvalue weighted by molar-refractivity contribution is 5.52. The lowest BCUT2D eigenvalue weighted by Crippen LogP contribution is -2.46. The van der Waals surface area contributed by atoms with Gasteiger partial charge in [0.2, 0.25) is 0 Å². The van der Waals surface area contributed by atoms with E-state index in [0.717, 1.165) is 43.3 Å². The van der Waals surface area contributed by atoms with E-state index in [1.807, 2.05) is 0 Å². The molecule has 2 aliphatic rings. The molecule has 1 spiro atoms. The Morgan fingerprint density at radius 1 is 1.46 bits per heavy atom. The Morgan fingerprint density at radius 2 is 2.23 bits per heavy atom.